The summed E-state index contributed by atoms with van der Waals surface area (Å²) in [5.41, 5.74) is 3.61. The van der Waals surface area contributed by atoms with E-state index in [4.69, 9.17) is 0 Å². The fraction of sp³-hybridized carbons (Fsp3) is 0.312. The van der Waals surface area contributed by atoms with Gasteiger partial charge in [-0.1, -0.05) is 32.9 Å². The first kappa shape index (κ1) is 13.9. The van der Waals surface area contributed by atoms with E-state index in [0.717, 1.165) is 17.1 Å². The van der Waals surface area contributed by atoms with Crippen LogP contribution >= 0.6 is 11.8 Å². The number of aromatic nitrogens is 1. The summed E-state index contributed by atoms with van der Waals surface area (Å²) in [6.45, 7) is 6.57. The molecule has 1 aromatic heterocycles. The Kier molecular flexibility index (Phi) is 4.86. The maximum absolute atomic E-state index is 4.18. The highest BCUT2D eigenvalue weighted by molar-refractivity contribution is 7.99. The summed E-state index contributed by atoms with van der Waals surface area (Å²) < 4.78 is 0. The number of pyridine rings is 1. The van der Waals surface area contributed by atoms with Gasteiger partial charge in [0, 0.05) is 23.0 Å². The Balaban J connectivity index is 2.16. The van der Waals surface area contributed by atoms with Crippen LogP contribution in [-0.4, -0.2) is 10.7 Å². The summed E-state index contributed by atoms with van der Waals surface area (Å²) in [7, 11) is 0. The second-order valence-corrected chi connectivity index (χ2v) is 6.01. The van der Waals surface area contributed by atoms with Crippen LogP contribution in [0.3, 0.4) is 0 Å². The van der Waals surface area contributed by atoms with Crippen LogP contribution < -0.4 is 5.32 Å². The Labute approximate surface area is 119 Å². The number of nitrogens with one attached hydrogen (secondary N) is 1. The maximum atomic E-state index is 4.18. The molecule has 0 saturated carbocycles. The topological polar surface area (TPSA) is 24.9 Å². The molecule has 0 aliphatic rings. The lowest BCUT2D eigenvalue weighted by Crippen LogP contribution is -1.94. The Morgan fingerprint density at radius 3 is 2.53 bits per heavy atom. The third-order valence-corrected chi connectivity index (χ3v) is 3.87. The van der Waals surface area contributed by atoms with Gasteiger partial charge < -0.3 is 5.32 Å². The molecule has 1 aromatic carbocycles. The first-order valence-corrected chi connectivity index (χ1v) is 7.63. The molecule has 1 N–H and O–H groups in total. The van der Waals surface area contributed by atoms with Gasteiger partial charge in [-0.05, 0) is 35.4 Å². The Hall–Kier alpha value is -1.48. The van der Waals surface area contributed by atoms with Crippen molar-refractivity contribution < 1.29 is 0 Å². The summed E-state index contributed by atoms with van der Waals surface area (Å²) in [6.07, 6.45) is 3.74. The zero-order valence-corrected chi connectivity index (χ0v) is 12.5. The van der Waals surface area contributed by atoms with Gasteiger partial charge in [0.25, 0.3) is 0 Å². The molecule has 0 radical (unpaired) electrons. The van der Waals surface area contributed by atoms with Gasteiger partial charge in [0.2, 0.25) is 0 Å². The number of hydrogen-bond acceptors (Lipinski definition) is 3. The molecular formula is C16H20N2S. The van der Waals surface area contributed by atoms with Gasteiger partial charge in [0.15, 0.2) is 0 Å². The summed E-state index contributed by atoms with van der Waals surface area (Å²) in [6, 6.07) is 10.7. The van der Waals surface area contributed by atoms with E-state index in [2.05, 4.69) is 55.3 Å². The van der Waals surface area contributed by atoms with Crippen LogP contribution in [0.4, 0.5) is 11.4 Å². The van der Waals surface area contributed by atoms with Gasteiger partial charge in [0.05, 0.1) is 5.69 Å². The van der Waals surface area contributed by atoms with Gasteiger partial charge in [-0.3, -0.25) is 4.98 Å². The van der Waals surface area contributed by atoms with Crippen molar-refractivity contribution in [3.8, 4) is 0 Å². The highest BCUT2D eigenvalue weighted by Gasteiger charge is 2.03. The van der Waals surface area contributed by atoms with Crippen molar-refractivity contribution in [2.45, 2.75) is 31.6 Å². The zero-order valence-electron chi connectivity index (χ0n) is 11.7. The monoisotopic (exact) mass is 272 g/mol. The van der Waals surface area contributed by atoms with Crippen LogP contribution in [-0.2, 0) is 0 Å². The van der Waals surface area contributed by atoms with Crippen LogP contribution in [0.1, 0.15) is 32.3 Å². The number of thioether (sulfide) groups is 1. The lowest BCUT2D eigenvalue weighted by Gasteiger charge is -2.12. The molecule has 0 saturated heterocycles. The molecule has 0 unspecified atom stereocenters. The molecule has 3 heteroatoms. The Morgan fingerprint density at radius 1 is 1.16 bits per heavy atom. The minimum absolute atomic E-state index is 0.571. The highest BCUT2D eigenvalue weighted by Crippen LogP contribution is 2.28. The van der Waals surface area contributed by atoms with E-state index in [9.17, 15) is 0 Å². The summed E-state index contributed by atoms with van der Waals surface area (Å²) in [5.74, 6) is 1.62. The number of anilines is 2. The molecule has 0 aliphatic carbocycles. The van der Waals surface area contributed by atoms with Crippen molar-refractivity contribution in [2.24, 2.45) is 0 Å². The first-order valence-electron chi connectivity index (χ1n) is 6.64. The molecule has 0 aliphatic heterocycles. The van der Waals surface area contributed by atoms with Gasteiger partial charge in [-0.2, -0.15) is 0 Å². The first-order chi connectivity index (χ1) is 9.20. The number of nitrogens with zero attached hydrogens (tertiary/aromatic N) is 1. The lowest BCUT2D eigenvalue weighted by molar-refractivity contribution is 0.867. The molecule has 0 spiro atoms. The second kappa shape index (κ2) is 6.62. The maximum Gasteiger partial charge on any atom is 0.0553 e. The predicted octanol–water partition coefficient (Wildman–Crippen LogP) is 5.06. The molecule has 2 nitrogen and oxygen atoms in total. The molecule has 100 valence electrons. The van der Waals surface area contributed by atoms with Crippen LogP contribution in [0, 0.1) is 0 Å². The van der Waals surface area contributed by atoms with E-state index >= 15 is 0 Å². The summed E-state index contributed by atoms with van der Waals surface area (Å²) >= 11 is 1.80. The minimum atomic E-state index is 0.571. The molecule has 0 bridgehead atoms. The van der Waals surface area contributed by atoms with E-state index < -0.39 is 0 Å². The van der Waals surface area contributed by atoms with Gasteiger partial charge in [0.1, 0.15) is 0 Å². The molecular weight excluding hydrogens is 252 g/mol. The smallest absolute Gasteiger partial charge is 0.0553 e. The van der Waals surface area contributed by atoms with Gasteiger partial charge >= 0.3 is 0 Å². The third kappa shape index (κ3) is 3.74. The average Bonchev–Trinajstić information content (AvgIpc) is 2.42. The van der Waals surface area contributed by atoms with Crippen LogP contribution in [0.2, 0.25) is 0 Å². The lowest BCUT2D eigenvalue weighted by atomic mass is 10.0. The third-order valence-electron chi connectivity index (χ3n) is 2.94. The van der Waals surface area contributed by atoms with E-state index in [0.29, 0.717) is 5.92 Å². The molecule has 19 heavy (non-hydrogen) atoms. The van der Waals surface area contributed by atoms with E-state index in [1.54, 1.807) is 11.8 Å². The Morgan fingerprint density at radius 2 is 1.89 bits per heavy atom. The number of rotatable bonds is 5. The zero-order chi connectivity index (χ0) is 13.7. The van der Waals surface area contributed by atoms with Crippen molar-refractivity contribution in [1.29, 1.82) is 0 Å². The fourth-order valence-corrected chi connectivity index (χ4v) is 2.58. The predicted molar refractivity (Wildman–Crippen MR) is 84.4 cm³/mol. The van der Waals surface area contributed by atoms with E-state index in [1.165, 1.54) is 10.5 Å². The number of hydrogen-bond donors (Lipinski definition) is 1. The van der Waals surface area contributed by atoms with Crippen molar-refractivity contribution in [2.75, 3.05) is 11.1 Å². The Bertz CT molecular complexity index is 521. The van der Waals surface area contributed by atoms with Gasteiger partial charge in [-0.15, -0.1) is 11.8 Å². The van der Waals surface area contributed by atoms with Gasteiger partial charge in [-0.25, -0.2) is 0 Å². The summed E-state index contributed by atoms with van der Waals surface area (Å²) in [5, 5.41) is 3.46. The standard InChI is InChI=1S/C16H20N2S/c1-4-19-16-11-17-10-9-15(16)18-14-7-5-13(6-8-14)12(2)3/h5-12H,4H2,1-3H3,(H,17,18). The van der Waals surface area contributed by atoms with Crippen molar-refractivity contribution in [3.63, 3.8) is 0 Å². The quantitative estimate of drug-likeness (QED) is 0.770. The van der Waals surface area contributed by atoms with Crippen LogP contribution in [0.5, 0.6) is 0 Å². The molecule has 2 rings (SSSR count). The second-order valence-electron chi connectivity index (χ2n) is 4.71. The van der Waals surface area contributed by atoms with Crippen LogP contribution in [0.25, 0.3) is 0 Å². The highest BCUT2D eigenvalue weighted by atomic mass is 32.2. The largest absolute Gasteiger partial charge is 0.355 e. The molecule has 2 aromatic rings. The van der Waals surface area contributed by atoms with Crippen molar-refractivity contribution >= 4 is 23.1 Å². The van der Waals surface area contributed by atoms with E-state index in [1.807, 2.05) is 18.5 Å². The summed E-state index contributed by atoms with van der Waals surface area (Å²) in [4.78, 5) is 5.37. The minimum Gasteiger partial charge on any atom is -0.355 e. The molecule has 0 atom stereocenters. The normalized spacial score (nSPS) is 10.7. The van der Waals surface area contributed by atoms with Crippen LogP contribution in [0.15, 0.2) is 47.6 Å². The average molecular weight is 272 g/mol. The van der Waals surface area contributed by atoms with E-state index in [-0.39, 0.29) is 0 Å². The molecule has 1 heterocycles. The van der Waals surface area contributed by atoms with Crippen molar-refractivity contribution in [1.82, 2.24) is 4.98 Å². The molecule has 0 amide bonds. The fourth-order valence-electron chi connectivity index (χ4n) is 1.86. The molecule has 0 fully saturated rings. The number of benzene rings is 1. The SMILES string of the molecule is CCSc1cnccc1Nc1ccc(C(C)C)cc1. The van der Waals surface area contributed by atoms with Crippen molar-refractivity contribution in [3.05, 3.63) is 48.3 Å².